The van der Waals surface area contributed by atoms with E-state index in [0.717, 1.165) is 10.6 Å². The number of hydrogen-bond acceptors (Lipinski definition) is 6. The van der Waals surface area contributed by atoms with Crippen LogP contribution in [0.2, 0.25) is 0 Å². The molecule has 0 fully saturated rings. The van der Waals surface area contributed by atoms with Crippen LogP contribution in [0.3, 0.4) is 0 Å². The molecule has 0 saturated carbocycles. The summed E-state index contributed by atoms with van der Waals surface area (Å²) in [6, 6.07) is 7.62. The molecule has 0 aliphatic carbocycles. The number of methoxy groups -OCH3 is 2. The summed E-state index contributed by atoms with van der Waals surface area (Å²) in [4.78, 5) is 20.3. The van der Waals surface area contributed by atoms with Crippen molar-refractivity contribution in [3.63, 3.8) is 0 Å². The van der Waals surface area contributed by atoms with E-state index in [4.69, 9.17) is 4.74 Å². The van der Waals surface area contributed by atoms with Gasteiger partial charge in [0.05, 0.1) is 31.5 Å². The van der Waals surface area contributed by atoms with Crippen LogP contribution in [0, 0.1) is 0 Å². The summed E-state index contributed by atoms with van der Waals surface area (Å²) in [7, 11) is 2.92. The highest BCUT2D eigenvalue weighted by atomic mass is 32.2. The molecular weight excluding hydrogens is 264 g/mol. The highest BCUT2D eigenvalue weighted by molar-refractivity contribution is 7.99. The van der Waals surface area contributed by atoms with Gasteiger partial charge in [-0.3, -0.25) is 0 Å². The van der Waals surface area contributed by atoms with E-state index in [1.807, 2.05) is 24.3 Å². The summed E-state index contributed by atoms with van der Waals surface area (Å²) < 4.78 is 9.82. The Balaban J connectivity index is 2.17. The van der Waals surface area contributed by atoms with Gasteiger partial charge in [-0.1, -0.05) is 23.9 Å². The Morgan fingerprint density at radius 2 is 1.95 bits per heavy atom. The second kappa shape index (κ2) is 6.19. The molecule has 0 saturated heterocycles. The van der Waals surface area contributed by atoms with Gasteiger partial charge in [0.1, 0.15) is 10.8 Å². The molecule has 5 nitrogen and oxygen atoms in total. The van der Waals surface area contributed by atoms with Crippen LogP contribution in [-0.4, -0.2) is 30.2 Å². The number of carbonyl (C=O) groups is 1. The van der Waals surface area contributed by atoms with Gasteiger partial charge in [-0.2, -0.15) is 0 Å². The van der Waals surface area contributed by atoms with Crippen LogP contribution in [0.25, 0.3) is 0 Å². The van der Waals surface area contributed by atoms with Crippen LogP contribution >= 0.6 is 11.8 Å². The van der Waals surface area contributed by atoms with Gasteiger partial charge >= 0.3 is 5.97 Å². The quantitative estimate of drug-likeness (QED) is 0.799. The van der Waals surface area contributed by atoms with Gasteiger partial charge in [0.2, 0.25) is 0 Å². The largest absolute Gasteiger partial charge is 0.496 e. The number of hydrogen-bond donors (Lipinski definition) is 0. The van der Waals surface area contributed by atoms with E-state index in [2.05, 4.69) is 14.7 Å². The Kier molecular flexibility index (Phi) is 4.35. The number of nitrogens with zero attached hydrogens (tertiary/aromatic N) is 2. The first-order valence-electron chi connectivity index (χ1n) is 5.46. The molecule has 0 bridgehead atoms. The molecule has 2 aromatic rings. The molecule has 19 heavy (non-hydrogen) atoms. The molecule has 6 heteroatoms. The lowest BCUT2D eigenvalue weighted by Crippen LogP contribution is -2.04. The number of carbonyl (C=O) groups excluding carboxylic acids is 1. The minimum atomic E-state index is -0.499. The third kappa shape index (κ3) is 3.23. The highest BCUT2D eigenvalue weighted by Crippen LogP contribution is 2.33. The first kappa shape index (κ1) is 13.4. The number of esters is 1. The Bertz CT molecular complexity index is 572. The second-order valence-corrected chi connectivity index (χ2v) is 4.55. The monoisotopic (exact) mass is 276 g/mol. The van der Waals surface area contributed by atoms with Crippen LogP contribution in [-0.2, 0) is 4.74 Å². The van der Waals surface area contributed by atoms with Crippen molar-refractivity contribution in [3.05, 3.63) is 42.4 Å². The smallest absolute Gasteiger partial charge is 0.358 e. The van der Waals surface area contributed by atoms with Crippen molar-refractivity contribution in [2.24, 2.45) is 0 Å². The zero-order chi connectivity index (χ0) is 13.7. The van der Waals surface area contributed by atoms with Crippen LogP contribution in [0.5, 0.6) is 5.75 Å². The van der Waals surface area contributed by atoms with Gasteiger partial charge in [0, 0.05) is 0 Å². The predicted molar refractivity (Wildman–Crippen MR) is 70.5 cm³/mol. The van der Waals surface area contributed by atoms with E-state index < -0.39 is 5.97 Å². The van der Waals surface area contributed by atoms with Gasteiger partial charge in [0.25, 0.3) is 0 Å². The molecule has 0 N–H and O–H groups in total. The molecule has 1 heterocycles. The number of aromatic nitrogens is 2. The minimum Gasteiger partial charge on any atom is -0.496 e. The fourth-order valence-corrected chi connectivity index (χ4v) is 2.23. The lowest BCUT2D eigenvalue weighted by Gasteiger charge is -2.06. The summed E-state index contributed by atoms with van der Waals surface area (Å²) in [5, 5.41) is 0.678. The predicted octanol–water partition coefficient (Wildman–Crippen LogP) is 2.42. The Hall–Kier alpha value is -2.08. The molecule has 0 aliphatic heterocycles. The standard InChI is InChI=1S/C13H12N2O3S/c1-17-10-5-3-4-6-11(10)19-12-8-14-9(7-15-12)13(16)18-2/h3-8H,1-2H3. The van der Waals surface area contributed by atoms with E-state index in [1.54, 1.807) is 7.11 Å². The normalized spacial score (nSPS) is 10.0. The topological polar surface area (TPSA) is 61.3 Å². The Morgan fingerprint density at radius 1 is 1.16 bits per heavy atom. The number of ether oxygens (including phenoxy) is 2. The van der Waals surface area contributed by atoms with Crippen LogP contribution in [0.1, 0.15) is 10.5 Å². The maximum absolute atomic E-state index is 11.2. The summed E-state index contributed by atoms with van der Waals surface area (Å²) in [6.07, 6.45) is 2.92. The maximum Gasteiger partial charge on any atom is 0.358 e. The third-order valence-corrected chi connectivity index (χ3v) is 3.28. The molecule has 1 aromatic heterocycles. The molecule has 2 rings (SSSR count). The number of rotatable bonds is 4. The Labute approximate surface area is 115 Å². The van der Waals surface area contributed by atoms with E-state index in [-0.39, 0.29) is 5.69 Å². The lowest BCUT2D eigenvalue weighted by molar-refractivity contribution is 0.0593. The zero-order valence-electron chi connectivity index (χ0n) is 10.5. The molecule has 0 unspecified atom stereocenters. The van der Waals surface area contributed by atoms with Gasteiger partial charge in [-0.15, -0.1) is 0 Å². The molecule has 0 aliphatic rings. The van der Waals surface area contributed by atoms with Crippen molar-refractivity contribution in [3.8, 4) is 5.75 Å². The first-order chi connectivity index (χ1) is 9.24. The third-order valence-electron chi connectivity index (χ3n) is 2.31. The van der Waals surface area contributed by atoms with Crippen molar-refractivity contribution in [1.29, 1.82) is 0 Å². The SMILES string of the molecule is COC(=O)c1cnc(Sc2ccccc2OC)cn1. The van der Waals surface area contributed by atoms with Crippen LogP contribution in [0.15, 0.2) is 46.6 Å². The maximum atomic E-state index is 11.2. The molecule has 0 atom stereocenters. The number of para-hydroxylation sites is 1. The molecule has 98 valence electrons. The minimum absolute atomic E-state index is 0.187. The number of benzene rings is 1. The molecule has 0 amide bonds. The van der Waals surface area contributed by atoms with Crippen LogP contribution in [0.4, 0.5) is 0 Å². The van der Waals surface area contributed by atoms with Crippen molar-refractivity contribution in [2.75, 3.05) is 14.2 Å². The van der Waals surface area contributed by atoms with Gasteiger partial charge < -0.3 is 9.47 Å². The zero-order valence-corrected chi connectivity index (χ0v) is 11.3. The fourth-order valence-electron chi connectivity index (χ4n) is 1.39. The van der Waals surface area contributed by atoms with Gasteiger partial charge in [-0.05, 0) is 12.1 Å². The van der Waals surface area contributed by atoms with E-state index >= 15 is 0 Å². The van der Waals surface area contributed by atoms with Gasteiger partial charge in [0.15, 0.2) is 5.69 Å². The van der Waals surface area contributed by atoms with E-state index in [9.17, 15) is 4.79 Å². The Morgan fingerprint density at radius 3 is 2.58 bits per heavy atom. The summed E-state index contributed by atoms with van der Waals surface area (Å²) >= 11 is 1.42. The summed E-state index contributed by atoms with van der Waals surface area (Å²) in [5.41, 5.74) is 0.187. The van der Waals surface area contributed by atoms with Crippen molar-refractivity contribution in [2.45, 2.75) is 9.92 Å². The highest BCUT2D eigenvalue weighted by Gasteiger charge is 2.09. The lowest BCUT2D eigenvalue weighted by atomic mass is 10.3. The van der Waals surface area contributed by atoms with E-state index in [1.165, 1.54) is 31.3 Å². The molecule has 0 radical (unpaired) electrons. The molecule has 1 aromatic carbocycles. The average molecular weight is 276 g/mol. The van der Waals surface area contributed by atoms with E-state index in [0.29, 0.717) is 5.03 Å². The van der Waals surface area contributed by atoms with Crippen LogP contribution < -0.4 is 4.74 Å². The van der Waals surface area contributed by atoms with Crippen molar-refractivity contribution in [1.82, 2.24) is 9.97 Å². The van der Waals surface area contributed by atoms with Crippen molar-refractivity contribution >= 4 is 17.7 Å². The second-order valence-electron chi connectivity index (χ2n) is 3.48. The van der Waals surface area contributed by atoms with Crippen molar-refractivity contribution < 1.29 is 14.3 Å². The molecular formula is C13H12N2O3S. The summed E-state index contributed by atoms with van der Waals surface area (Å²) in [5.74, 6) is 0.271. The first-order valence-corrected chi connectivity index (χ1v) is 6.27. The molecule has 0 spiro atoms. The van der Waals surface area contributed by atoms with Gasteiger partial charge in [-0.25, -0.2) is 14.8 Å². The fraction of sp³-hybridized carbons (Fsp3) is 0.154. The summed E-state index contributed by atoms with van der Waals surface area (Å²) in [6.45, 7) is 0. The average Bonchev–Trinajstić information content (AvgIpc) is 2.48.